The molecule has 0 spiro atoms. The number of hydrogen-bond donors (Lipinski definition) is 1. The second-order valence-electron chi connectivity index (χ2n) is 5.55. The number of anilines is 1. The van der Waals surface area contributed by atoms with Gasteiger partial charge < -0.3 is 14.8 Å². The van der Waals surface area contributed by atoms with Crippen LogP contribution in [0.5, 0.6) is 11.5 Å². The lowest BCUT2D eigenvalue weighted by molar-refractivity contribution is 0.118. The van der Waals surface area contributed by atoms with E-state index in [2.05, 4.69) is 25.2 Å². The standard InChI is InChI=1S/C17H19NO2/c1-17(2)16(14-9-4-5-10-15(14)20-17)18-12-7-6-8-13(11-12)19-3/h4-11,16,18H,1-3H3. The Balaban J connectivity index is 1.92. The van der Waals surface area contributed by atoms with E-state index in [1.165, 1.54) is 5.56 Å². The first-order valence-corrected chi connectivity index (χ1v) is 6.79. The van der Waals surface area contributed by atoms with Crippen LogP contribution in [0.4, 0.5) is 5.69 Å². The van der Waals surface area contributed by atoms with Crippen LogP contribution in [-0.4, -0.2) is 12.7 Å². The minimum Gasteiger partial charge on any atom is -0.497 e. The molecule has 0 saturated carbocycles. The maximum atomic E-state index is 6.04. The summed E-state index contributed by atoms with van der Waals surface area (Å²) in [6, 6.07) is 16.3. The molecule has 20 heavy (non-hydrogen) atoms. The number of benzene rings is 2. The fraction of sp³-hybridized carbons (Fsp3) is 0.294. The SMILES string of the molecule is COc1cccc(NC2c3ccccc3OC2(C)C)c1. The van der Waals surface area contributed by atoms with E-state index >= 15 is 0 Å². The van der Waals surface area contributed by atoms with Crippen molar-refractivity contribution in [2.45, 2.75) is 25.5 Å². The van der Waals surface area contributed by atoms with E-state index in [1.807, 2.05) is 42.5 Å². The summed E-state index contributed by atoms with van der Waals surface area (Å²) in [4.78, 5) is 0. The molecule has 1 heterocycles. The molecule has 3 heteroatoms. The van der Waals surface area contributed by atoms with E-state index in [0.717, 1.165) is 17.2 Å². The van der Waals surface area contributed by atoms with Gasteiger partial charge in [-0.2, -0.15) is 0 Å². The lowest BCUT2D eigenvalue weighted by Crippen LogP contribution is -2.34. The van der Waals surface area contributed by atoms with Gasteiger partial charge in [0, 0.05) is 17.3 Å². The molecular weight excluding hydrogens is 250 g/mol. The third kappa shape index (κ3) is 2.20. The first kappa shape index (κ1) is 12.9. The maximum absolute atomic E-state index is 6.04. The molecule has 1 atom stereocenters. The van der Waals surface area contributed by atoms with E-state index in [4.69, 9.17) is 9.47 Å². The number of methoxy groups -OCH3 is 1. The largest absolute Gasteiger partial charge is 0.497 e. The molecule has 0 amide bonds. The Hall–Kier alpha value is -2.16. The van der Waals surface area contributed by atoms with Crippen LogP contribution < -0.4 is 14.8 Å². The number of ether oxygens (including phenoxy) is 2. The zero-order valence-electron chi connectivity index (χ0n) is 12.0. The van der Waals surface area contributed by atoms with E-state index in [9.17, 15) is 0 Å². The van der Waals surface area contributed by atoms with Gasteiger partial charge in [-0.05, 0) is 32.0 Å². The molecule has 2 aromatic rings. The van der Waals surface area contributed by atoms with Crippen molar-refractivity contribution in [3.63, 3.8) is 0 Å². The van der Waals surface area contributed by atoms with Crippen molar-refractivity contribution in [3.05, 3.63) is 54.1 Å². The van der Waals surface area contributed by atoms with Crippen LogP contribution in [0.25, 0.3) is 0 Å². The van der Waals surface area contributed by atoms with Gasteiger partial charge in [-0.1, -0.05) is 24.3 Å². The molecule has 1 aliphatic rings. The quantitative estimate of drug-likeness (QED) is 0.913. The van der Waals surface area contributed by atoms with Gasteiger partial charge in [0.1, 0.15) is 17.1 Å². The molecule has 0 saturated heterocycles. The highest BCUT2D eigenvalue weighted by Crippen LogP contribution is 2.44. The average Bonchev–Trinajstić information content (AvgIpc) is 2.70. The fourth-order valence-corrected chi connectivity index (χ4v) is 2.66. The van der Waals surface area contributed by atoms with Gasteiger partial charge in [-0.15, -0.1) is 0 Å². The Morgan fingerprint density at radius 3 is 2.70 bits per heavy atom. The van der Waals surface area contributed by atoms with Crippen molar-refractivity contribution in [2.24, 2.45) is 0 Å². The molecule has 3 nitrogen and oxygen atoms in total. The lowest BCUT2D eigenvalue weighted by Gasteiger charge is -2.28. The summed E-state index contributed by atoms with van der Waals surface area (Å²) in [5.74, 6) is 1.80. The van der Waals surface area contributed by atoms with Crippen LogP contribution >= 0.6 is 0 Å². The predicted octanol–water partition coefficient (Wildman–Crippen LogP) is 4.02. The third-order valence-corrected chi connectivity index (χ3v) is 3.68. The van der Waals surface area contributed by atoms with E-state index in [-0.39, 0.29) is 11.6 Å². The zero-order chi connectivity index (χ0) is 14.2. The summed E-state index contributed by atoms with van der Waals surface area (Å²) < 4.78 is 11.3. The highest BCUT2D eigenvalue weighted by Gasteiger charge is 2.40. The van der Waals surface area contributed by atoms with Crippen LogP contribution in [0.1, 0.15) is 25.5 Å². The number of para-hydroxylation sites is 1. The predicted molar refractivity (Wildman–Crippen MR) is 80.5 cm³/mol. The topological polar surface area (TPSA) is 30.5 Å². The van der Waals surface area contributed by atoms with Gasteiger partial charge in [0.25, 0.3) is 0 Å². The second-order valence-corrected chi connectivity index (χ2v) is 5.55. The van der Waals surface area contributed by atoms with E-state index < -0.39 is 0 Å². The summed E-state index contributed by atoms with van der Waals surface area (Å²) in [6.45, 7) is 4.20. The van der Waals surface area contributed by atoms with Crippen LogP contribution in [0.15, 0.2) is 48.5 Å². The number of rotatable bonds is 3. The maximum Gasteiger partial charge on any atom is 0.128 e. The average molecular weight is 269 g/mol. The summed E-state index contributed by atoms with van der Waals surface area (Å²) in [7, 11) is 1.68. The second kappa shape index (κ2) is 4.75. The van der Waals surface area contributed by atoms with Gasteiger partial charge in [0.15, 0.2) is 0 Å². The summed E-state index contributed by atoms with van der Waals surface area (Å²) in [5.41, 5.74) is 1.94. The summed E-state index contributed by atoms with van der Waals surface area (Å²) in [5, 5.41) is 3.56. The van der Waals surface area contributed by atoms with Crippen LogP contribution in [-0.2, 0) is 0 Å². The van der Waals surface area contributed by atoms with Gasteiger partial charge in [-0.3, -0.25) is 0 Å². The molecule has 0 aliphatic carbocycles. The Morgan fingerprint density at radius 1 is 1.10 bits per heavy atom. The van der Waals surface area contributed by atoms with Crippen molar-refractivity contribution in [1.82, 2.24) is 0 Å². The van der Waals surface area contributed by atoms with Crippen molar-refractivity contribution in [3.8, 4) is 11.5 Å². The van der Waals surface area contributed by atoms with Gasteiger partial charge >= 0.3 is 0 Å². The number of nitrogens with one attached hydrogen (secondary N) is 1. The first-order valence-electron chi connectivity index (χ1n) is 6.79. The van der Waals surface area contributed by atoms with Gasteiger partial charge in [0.2, 0.25) is 0 Å². The Bertz CT molecular complexity index is 622. The van der Waals surface area contributed by atoms with E-state index in [0.29, 0.717) is 0 Å². The van der Waals surface area contributed by atoms with Crippen molar-refractivity contribution in [2.75, 3.05) is 12.4 Å². The monoisotopic (exact) mass is 269 g/mol. The lowest BCUT2D eigenvalue weighted by atomic mass is 9.94. The Labute approximate surface area is 119 Å². The highest BCUT2D eigenvalue weighted by atomic mass is 16.5. The van der Waals surface area contributed by atoms with Crippen molar-refractivity contribution in [1.29, 1.82) is 0 Å². The number of hydrogen-bond acceptors (Lipinski definition) is 3. The minimum atomic E-state index is -0.285. The minimum absolute atomic E-state index is 0.116. The molecular formula is C17H19NO2. The molecule has 1 N–H and O–H groups in total. The van der Waals surface area contributed by atoms with Crippen molar-refractivity contribution < 1.29 is 9.47 Å². The number of fused-ring (bicyclic) bond motifs is 1. The molecule has 0 fully saturated rings. The highest BCUT2D eigenvalue weighted by molar-refractivity contribution is 5.54. The molecule has 104 valence electrons. The molecule has 0 aromatic heterocycles. The molecule has 2 aromatic carbocycles. The Morgan fingerprint density at radius 2 is 1.90 bits per heavy atom. The van der Waals surface area contributed by atoms with Crippen LogP contribution in [0, 0.1) is 0 Å². The molecule has 0 bridgehead atoms. The van der Waals surface area contributed by atoms with Gasteiger partial charge in [-0.25, -0.2) is 0 Å². The van der Waals surface area contributed by atoms with Crippen LogP contribution in [0.2, 0.25) is 0 Å². The zero-order valence-corrected chi connectivity index (χ0v) is 12.0. The molecule has 1 aliphatic heterocycles. The smallest absolute Gasteiger partial charge is 0.128 e. The van der Waals surface area contributed by atoms with Crippen molar-refractivity contribution >= 4 is 5.69 Å². The molecule has 0 radical (unpaired) electrons. The normalized spacial score (nSPS) is 19.1. The molecule has 3 rings (SSSR count). The molecule has 1 unspecified atom stereocenters. The summed E-state index contributed by atoms with van der Waals surface area (Å²) >= 11 is 0. The van der Waals surface area contributed by atoms with Crippen LogP contribution in [0.3, 0.4) is 0 Å². The fourth-order valence-electron chi connectivity index (χ4n) is 2.66. The first-order chi connectivity index (χ1) is 9.60. The van der Waals surface area contributed by atoms with Gasteiger partial charge in [0.05, 0.1) is 13.2 Å². The summed E-state index contributed by atoms with van der Waals surface area (Å²) in [6.07, 6.45) is 0. The van der Waals surface area contributed by atoms with E-state index in [1.54, 1.807) is 7.11 Å². The Kier molecular flexibility index (Phi) is 3.05. The third-order valence-electron chi connectivity index (χ3n) is 3.68.